The molecule has 0 bridgehead atoms. The largest absolute Gasteiger partial charge is 0.344 e. The number of hydrogen-bond acceptors (Lipinski definition) is 5. The maximum absolute atomic E-state index is 12.9. The Morgan fingerprint density at radius 3 is 2.92 bits per heavy atom. The molecule has 26 heavy (non-hydrogen) atoms. The van der Waals surface area contributed by atoms with E-state index in [-0.39, 0.29) is 11.9 Å². The Labute approximate surface area is 156 Å². The summed E-state index contributed by atoms with van der Waals surface area (Å²) in [7, 11) is 0. The molecule has 6 heteroatoms. The number of rotatable bonds is 3. The Morgan fingerprint density at radius 1 is 1.15 bits per heavy atom. The number of fused-ring (bicyclic) bond motifs is 3. The van der Waals surface area contributed by atoms with Gasteiger partial charge in [0.1, 0.15) is 23.0 Å². The monoisotopic (exact) mass is 364 g/mol. The fraction of sp³-hybridized carbons (Fsp3) is 0.350. The van der Waals surface area contributed by atoms with Gasteiger partial charge >= 0.3 is 0 Å². The molecule has 1 unspecified atom stereocenters. The highest BCUT2D eigenvalue weighted by molar-refractivity contribution is 7.19. The first-order valence-electron chi connectivity index (χ1n) is 9.19. The Morgan fingerprint density at radius 2 is 2.04 bits per heavy atom. The lowest BCUT2D eigenvalue weighted by Crippen LogP contribution is -2.40. The SMILES string of the molecule is O=C(Nc1ccccc1)C1CCCN1c1ncnc2sc3c(c12)CCC3. The molecule has 0 radical (unpaired) electrons. The lowest BCUT2D eigenvalue weighted by molar-refractivity contribution is -0.117. The van der Waals surface area contributed by atoms with E-state index in [0.29, 0.717) is 0 Å². The molecule has 1 N–H and O–H groups in total. The predicted molar refractivity (Wildman–Crippen MR) is 105 cm³/mol. The van der Waals surface area contributed by atoms with Crippen molar-refractivity contribution in [2.45, 2.75) is 38.1 Å². The van der Waals surface area contributed by atoms with Gasteiger partial charge in [0, 0.05) is 17.1 Å². The number of anilines is 2. The lowest BCUT2D eigenvalue weighted by atomic mass is 10.1. The Balaban J connectivity index is 1.49. The summed E-state index contributed by atoms with van der Waals surface area (Å²) in [6, 6.07) is 9.49. The molecule has 5 nitrogen and oxygen atoms in total. The standard InChI is InChI=1S/C20H20N4OS/c25-19(23-13-6-2-1-3-7-13)15-9-5-11-24(15)18-17-14-8-4-10-16(14)26-20(17)22-12-21-18/h1-3,6-7,12,15H,4-5,8-11H2,(H,23,25). The van der Waals surface area contributed by atoms with E-state index in [9.17, 15) is 4.79 Å². The lowest BCUT2D eigenvalue weighted by Gasteiger charge is -2.25. The Kier molecular flexibility index (Phi) is 3.85. The smallest absolute Gasteiger partial charge is 0.247 e. The number of carbonyl (C=O) groups excluding carboxylic acids is 1. The molecule has 1 saturated heterocycles. The Hall–Kier alpha value is -2.47. The second-order valence-corrected chi connectivity index (χ2v) is 8.03. The van der Waals surface area contributed by atoms with E-state index in [0.717, 1.165) is 48.6 Å². The molecule has 2 aliphatic rings. The van der Waals surface area contributed by atoms with Gasteiger partial charge in [-0.2, -0.15) is 0 Å². The van der Waals surface area contributed by atoms with E-state index in [1.807, 2.05) is 30.3 Å². The third-order valence-electron chi connectivity index (χ3n) is 5.35. The van der Waals surface area contributed by atoms with E-state index in [4.69, 9.17) is 0 Å². The number of thiophene rings is 1. The molecule has 3 heterocycles. The number of aryl methyl sites for hydroxylation is 2. The minimum Gasteiger partial charge on any atom is -0.344 e. The van der Waals surface area contributed by atoms with Crippen molar-refractivity contribution in [2.24, 2.45) is 0 Å². The van der Waals surface area contributed by atoms with E-state index in [1.54, 1.807) is 17.7 Å². The summed E-state index contributed by atoms with van der Waals surface area (Å²) in [4.78, 5) is 26.7. The number of aromatic nitrogens is 2. The van der Waals surface area contributed by atoms with Crippen molar-refractivity contribution in [2.75, 3.05) is 16.8 Å². The van der Waals surface area contributed by atoms with Crippen molar-refractivity contribution in [1.82, 2.24) is 9.97 Å². The van der Waals surface area contributed by atoms with Crippen molar-refractivity contribution in [3.63, 3.8) is 0 Å². The van der Waals surface area contributed by atoms with Crippen LogP contribution in [0.3, 0.4) is 0 Å². The number of para-hydroxylation sites is 1. The molecule has 3 aromatic rings. The van der Waals surface area contributed by atoms with Crippen molar-refractivity contribution in [3.05, 3.63) is 47.1 Å². The topological polar surface area (TPSA) is 58.1 Å². The highest BCUT2D eigenvalue weighted by atomic mass is 32.1. The van der Waals surface area contributed by atoms with Crippen LogP contribution in [-0.2, 0) is 17.6 Å². The molecule has 1 amide bonds. The highest BCUT2D eigenvalue weighted by Crippen LogP contribution is 2.41. The first-order chi connectivity index (χ1) is 12.8. The molecule has 2 aromatic heterocycles. The number of carbonyl (C=O) groups is 1. The van der Waals surface area contributed by atoms with Gasteiger partial charge in [-0.3, -0.25) is 4.79 Å². The zero-order valence-corrected chi connectivity index (χ0v) is 15.3. The van der Waals surface area contributed by atoms with E-state index < -0.39 is 0 Å². The fourth-order valence-corrected chi connectivity index (χ4v) is 5.39. The van der Waals surface area contributed by atoms with Gasteiger partial charge in [0.15, 0.2) is 0 Å². The molecule has 132 valence electrons. The number of amides is 1. The van der Waals surface area contributed by atoms with E-state index in [1.165, 1.54) is 22.2 Å². The number of benzene rings is 1. The predicted octanol–water partition coefficient (Wildman–Crippen LogP) is 3.79. The van der Waals surface area contributed by atoms with Gasteiger partial charge in [-0.25, -0.2) is 9.97 Å². The summed E-state index contributed by atoms with van der Waals surface area (Å²) in [6.45, 7) is 0.865. The maximum Gasteiger partial charge on any atom is 0.247 e. The summed E-state index contributed by atoms with van der Waals surface area (Å²) in [5.74, 6) is 0.993. The van der Waals surface area contributed by atoms with Gasteiger partial charge in [0.05, 0.1) is 5.39 Å². The summed E-state index contributed by atoms with van der Waals surface area (Å²) in [5, 5.41) is 4.24. The zero-order valence-electron chi connectivity index (χ0n) is 14.4. The molecule has 1 aromatic carbocycles. The van der Waals surface area contributed by atoms with Crippen molar-refractivity contribution >= 4 is 39.0 Å². The average molecular weight is 364 g/mol. The molecular formula is C20H20N4OS. The molecular weight excluding hydrogens is 344 g/mol. The first kappa shape index (κ1) is 15.8. The van der Waals surface area contributed by atoms with Crippen molar-refractivity contribution in [1.29, 1.82) is 0 Å². The zero-order chi connectivity index (χ0) is 17.5. The van der Waals surface area contributed by atoms with Crippen LogP contribution in [0.2, 0.25) is 0 Å². The third kappa shape index (κ3) is 2.56. The van der Waals surface area contributed by atoms with Crippen LogP contribution >= 0.6 is 11.3 Å². The normalized spacial score (nSPS) is 19.1. The van der Waals surface area contributed by atoms with Crippen LogP contribution in [0.5, 0.6) is 0 Å². The highest BCUT2D eigenvalue weighted by Gasteiger charge is 2.34. The van der Waals surface area contributed by atoms with Crippen LogP contribution in [-0.4, -0.2) is 28.5 Å². The quantitative estimate of drug-likeness (QED) is 0.768. The van der Waals surface area contributed by atoms with Gasteiger partial charge in [-0.1, -0.05) is 18.2 Å². The van der Waals surface area contributed by atoms with Gasteiger partial charge in [0.25, 0.3) is 0 Å². The number of hydrogen-bond donors (Lipinski definition) is 1. The van der Waals surface area contributed by atoms with Crippen LogP contribution < -0.4 is 10.2 Å². The summed E-state index contributed by atoms with van der Waals surface area (Å²) < 4.78 is 0. The molecule has 1 atom stereocenters. The summed E-state index contributed by atoms with van der Waals surface area (Å²) in [5.41, 5.74) is 2.25. The average Bonchev–Trinajstić information content (AvgIpc) is 3.37. The molecule has 1 aliphatic heterocycles. The second-order valence-electron chi connectivity index (χ2n) is 6.94. The minimum atomic E-state index is -0.176. The van der Waals surface area contributed by atoms with Crippen LogP contribution in [0.15, 0.2) is 36.7 Å². The van der Waals surface area contributed by atoms with Crippen LogP contribution in [0.25, 0.3) is 10.2 Å². The Bertz CT molecular complexity index is 969. The van der Waals surface area contributed by atoms with Gasteiger partial charge in [-0.15, -0.1) is 11.3 Å². The maximum atomic E-state index is 12.9. The summed E-state index contributed by atoms with van der Waals surface area (Å²) >= 11 is 1.79. The van der Waals surface area contributed by atoms with E-state index >= 15 is 0 Å². The van der Waals surface area contributed by atoms with Crippen molar-refractivity contribution < 1.29 is 4.79 Å². The minimum absolute atomic E-state index is 0.0485. The summed E-state index contributed by atoms with van der Waals surface area (Å²) in [6.07, 6.45) is 6.97. The molecule has 0 spiro atoms. The van der Waals surface area contributed by atoms with Crippen LogP contribution in [0.4, 0.5) is 11.5 Å². The molecule has 1 fully saturated rings. The van der Waals surface area contributed by atoms with Gasteiger partial charge < -0.3 is 10.2 Å². The van der Waals surface area contributed by atoms with Gasteiger partial charge in [0.2, 0.25) is 5.91 Å². The van der Waals surface area contributed by atoms with Crippen LogP contribution in [0, 0.1) is 0 Å². The molecule has 0 saturated carbocycles. The fourth-order valence-electron chi connectivity index (χ4n) is 4.17. The van der Waals surface area contributed by atoms with Crippen LogP contribution in [0.1, 0.15) is 29.7 Å². The molecule has 1 aliphatic carbocycles. The van der Waals surface area contributed by atoms with Gasteiger partial charge in [-0.05, 0) is 49.8 Å². The third-order valence-corrected chi connectivity index (χ3v) is 6.55. The molecule has 5 rings (SSSR count). The van der Waals surface area contributed by atoms with Crippen molar-refractivity contribution in [3.8, 4) is 0 Å². The first-order valence-corrected chi connectivity index (χ1v) is 10.0. The second kappa shape index (κ2) is 6.36. The number of nitrogens with zero attached hydrogens (tertiary/aromatic N) is 3. The van der Waals surface area contributed by atoms with E-state index in [2.05, 4.69) is 20.2 Å². The number of nitrogens with one attached hydrogen (secondary N) is 1.